The van der Waals surface area contributed by atoms with Crippen LogP contribution in [0.15, 0.2) is 23.1 Å². The Morgan fingerprint density at radius 2 is 2.28 bits per heavy atom. The van der Waals surface area contributed by atoms with Gasteiger partial charge in [-0.2, -0.15) is 9.50 Å². The Kier molecular flexibility index (Phi) is 3.68. The number of carbonyl (C=O) groups is 1. The Morgan fingerprint density at radius 3 is 3.12 bits per heavy atom. The number of H-pyrrole nitrogens is 1. The van der Waals surface area contributed by atoms with Gasteiger partial charge in [0.2, 0.25) is 11.8 Å². The molecule has 1 aliphatic rings. The van der Waals surface area contributed by atoms with E-state index >= 15 is 0 Å². The van der Waals surface area contributed by atoms with Crippen molar-refractivity contribution in [2.24, 2.45) is 0 Å². The van der Waals surface area contributed by atoms with Crippen molar-refractivity contribution < 1.29 is 9.53 Å². The topological polar surface area (TPSA) is 114 Å². The van der Waals surface area contributed by atoms with Gasteiger partial charge in [0.15, 0.2) is 0 Å². The molecule has 0 spiro atoms. The highest BCUT2D eigenvalue weighted by molar-refractivity contribution is 6.03. The molecule has 0 atom stereocenters. The minimum atomic E-state index is -0.372. The Bertz CT molecular complexity index is 1020. The van der Waals surface area contributed by atoms with Crippen LogP contribution in [-0.2, 0) is 12.8 Å². The van der Waals surface area contributed by atoms with Crippen LogP contribution in [0.25, 0.3) is 5.78 Å². The molecule has 1 aliphatic heterocycles. The number of ether oxygens (including phenoxy) is 1. The van der Waals surface area contributed by atoms with Gasteiger partial charge in [-0.1, -0.05) is 6.92 Å². The van der Waals surface area contributed by atoms with Gasteiger partial charge in [-0.3, -0.25) is 20.0 Å². The summed E-state index contributed by atoms with van der Waals surface area (Å²) in [6.45, 7) is 2.55. The number of carbonyl (C=O) groups excluding carboxylic acids is 1. The molecule has 2 N–H and O–H groups in total. The Morgan fingerprint density at radius 1 is 1.40 bits per heavy atom. The number of aryl methyl sites for hydroxylation is 2. The molecule has 9 heteroatoms. The van der Waals surface area contributed by atoms with Gasteiger partial charge in [0.1, 0.15) is 0 Å². The molecule has 4 heterocycles. The van der Waals surface area contributed by atoms with Crippen molar-refractivity contribution in [2.75, 3.05) is 11.9 Å². The maximum atomic E-state index is 12.4. The molecular weight excluding hydrogens is 324 g/mol. The molecule has 1 amide bonds. The third kappa shape index (κ3) is 2.84. The number of rotatable bonds is 3. The lowest BCUT2D eigenvalue weighted by Gasteiger charge is -2.16. The zero-order chi connectivity index (χ0) is 17.4. The van der Waals surface area contributed by atoms with E-state index < -0.39 is 0 Å². The minimum Gasteiger partial charge on any atom is -0.477 e. The van der Waals surface area contributed by atoms with Crippen molar-refractivity contribution >= 4 is 17.6 Å². The first-order valence-corrected chi connectivity index (χ1v) is 8.06. The van der Waals surface area contributed by atoms with Crippen molar-refractivity contribution in [1.29, 1.82) is 0 Å². The van der Waals surface area contributed by atoms with Gasteiger partial charge >= 0.3 is 0 Å². The van der Waals surface area contributed by atoms with Crippen LogP contribution in [0.5, 0.6) is 5.88 Å². The van der Waals surface area contributed by atoms with Crippen LogP contribution >= 0.6 is 0 Å². The summed E-state index contributed by atoms with van der Waals surface area (Å²) in [6.07, 6.45) is 3.82. The van der Waals surface area contributed by atoms with Crippen LogP contribution in [0.3, 0.4) is 0 Å². The maximum absolute atomic E-state index is 12.4. The standard InChI is InChI=1S/C16H16N6O3/c1-2-11-7-12(23)22-16(18-11)20-15(21-22)19-13(24)10-6-9-4-3-5-25-14(9)17-8-10/h6-8H,2-5H2,1H3,(H2,18,19,20,21,24). The van der Waals surface area contributed by atoms with Crippen LogP contribution in [0, 0.1) is 0 Å². The van der Waals surface area contributed by atoms with E-state index in [-0.39, 0.29) is 23.2 Å². The van der Waals surface area contributed by atoms with E-state index in [1.807, 2.05) is 6.92 Å². The predicted octanol–water partition coefficient (Wildman–Crippen LogP) is 0.952. The van der Waals surface area contributed by atoms with Crippen molar-refractivity contribution in [2.45, 2.75) is 26.2 Å². The summed E-state index contributed by atoms with van der Waals surface area (Å²) >= 11 is 0. The normalized spacial score (nSPS) is 13.3. The fraction of sp³-hybridized carbons (Fsp3) is 0.312. The van der Waals surface area contributed by atoms with Crippen LogP contribution in [0.4, 0.5) is 5.95 Å². The number of aromatic amines is 1. The summed E-state index contributed by atoms with van der Waals surface area (Å²) in [5.74, 6) is 0.575. The van der Waals surface area contributed by atoms with Gasteiger partial charge in [-0.15, -0.1) is 0 Å². The van der Waals surface area contributed by atoms with Crippen molar-refractivity contribution in [3.8, 4) is 5.88 Å². The molecule has 3 aromatic rings. The zero-order valence-corrected chi connectivity index (χ0v) is 13.6. The van der Waals surface area contributed by atoms with Crippen molar-refractivity contribution in [3.63, 3.8) is 0 Å². The summed E-state index contributed by atoms with van der Waals surface area (Å²) in [7, 11) is 0. The van der Waals surface area contributed by atoms with Crippen LogP contribution < -0.4 is 15.6 Å². The smallest absolute Gasteiger partial charge is 0.274 e. The van der Waals surface area contributed by atoms with Gasteiger partial charge < -0.3 is 4.74 Å². The zero-order valence-electron chi connectivity index (χ0n) is 13.6. The van der Waals surface area contributed by atoms with E-state index in [2.05, 4.69) is 25.4 Å². The molecule has 0 unspecified atom stereocenters. The van der Waals surface area contributed by atoms with Gasteiger partial charge in [0.05, 0.1) is 12.2 Å². The molecule has 0 fully saturated rings. The molecule has 0 saturated carbocycles. The highest BCUT2D eigenvalue weighted by Crippen LogP contribution is 2.22. The Labute approximate surface area is 142 Å². The molecule has 0 saturated heterocycles. The number of nitrogens with one attached hydrogen (secondary N) is 2. The highest BCUT2D eigenvalue weighted by Gasteiger charge is 2.16. The van der Waals surface area contributed by atoms with E-state index in [9.17, 15) is 9.59 Å². The fourth-order valence-electron chi connectivity index (χ4n) is 2.71. The number of nitrogens with zero attached hydrogens (tertiary/aromatic N) is 4. The predicted molar refractivity (Wildman–Crippen MR) is 89.0 cm³/mol. The van der Waals surface area contributed by atoms with Gasteiger partial charge in [0, 0.05) is 23.5 Å². The molecule has 0 bridgehead atoms. The number of anilines is 1. The highest BCUT2D eigenvalue weighted by atomic mass is 16.5. The molecule has 0 aliphatic carbocycles. The number of fused-ring (bicyclic) bond motifs is 2. The first-order chi connectivity index (χ1) is 12.1. The second kappa shape index (κ2) is 6.00. The van der Waals surface area contributed by atoms with E-state index in [1.54, 1.807) is 6.07 Å². The maximum Gasteiger partial charge on any atom is 0.274 e. The Hall–Kier alpha value is -3.23. The summed E-state index contributed by atoms with van der Waals surface area (Å²) in [6, 6.07) is 3.20. The average Bonchev–Trinajstić information content (AvgIpc) is 3.04. The quantitative estimate of drug-likeness (QED) is 0.734. The molecule has 0 aromatic carbocycles. The number of hydrogen-bond donors (Lipinski definition) is 2. The van der Waals surface area contributed by atoms with Crippen LogP contribution in [0.2, 0.25) is 0 Å². The number of pyridine rings is 1. The summed E-state index contributed by atoms with van der Waals surface area (Å²) in [5.41, 5.74) is 1.68. The molecule has 0 radical (unpaired) electrons. The number of aromatic nitrogens is 5. The van der Waals surface area contributed by atoms with Gasteiger partial charge in [0.25, 0.3) is 17.2 Å². The molecule has 128 valence electrons. The second-order valence-corrected chi connectivity index (χ2v) is 5.74. The lowest BCUT2D eigenvalue weighted by Crippen LogP contribution is -2.17. The molecule has 25 heavy (non-hydrogen) atoms. The van der Waals surface area contributed by atoms with Crippen LogP contribution in [-0.4, -0.2) is 37.1 Å². The molecule has 9 nitrogen and oxygen atoms in total. The van der Waals surface area contributed by atoms with E-state index in [0.29, 0.717) is 30.2 Å². The second-order valence-electron chi connectivity index (χ2n) is 5.74. The summed E-state index contributed by atoms with van der Waals surface area (Å²) < 4.78 is 6.63. The van der Waals surface area contributed by atoms with E-state index in [0.717, 1.165) is 18.4 Å². The Balaban J connectivity index is 1.61. The average molecular weight is 340 g/mol. The largest absolute Gasteiger partial charge is 0.477 e. The van der Waals surface area contributed by atoms with Crippen molar-refractivity contribution in [3.05, 3.63) is 45.5 Å². The fourth-order valence-corrected chi connectivity index (χ4v) is 2.71. The number of hydrogen-bond acceptors (Lipinski definition) is 6. The van der Waals surface area contributed by atoms with E-state index in [4.69, 9.17) is 4.74 Å². The lowest BCUT2D eigenvalue weighted by atomic mass is 10.1. The van der Waals surface area contributed by atoms with Crippen LogP contribution in [0.1, 0.15) is 35.0 Å². The molecule has 4 rings (SSSR count). The monoisotopic (exact) mass is 340 g/mol. The first kappa shape index (κ1) is 15.3. The van der Waals surface area contributed by atoms with Gasteiger partial charge in [-0.25, -0.2) is 9.97 Å². The first-order valence-electron chi connectivity index (χ1n) is 8.06. The van der Waals surface area contributed by atoms with Gasteiger partial charge in [-0.05, 0) is 25.3 Å². The number of amides is 1. The molecular formula is C16H16N6O3. The third-order valence-electron chi connectivity index (χ3n) is 3.99. The SMILES string of the molecule is CCc1cc(=O)n2[nH]c(NC(=O)c3cnc4c(c3)CCCO4)nc2n1. The summed E-state index contributed by atoms with van der Waals surface area (Å²) in [5, 5.41) is 5.36. The van der Waals surface area contributed by atoms with E-state index in [1.165, 1.54) is 16.8 Å². The molecule has 3 aromatic heterocycles. The third-order valence-corrected chi connectivity index (χ3v) is 3.99. The lowest BCUT2D eigenvalue weighted by molar-refractivity contribution is 0.102. The van der Waals surface area contributed by atoms with Crippen molar-refractivity contribution in [1.82, 2.24) is 24.6 Å². The summed E-state index contributed by atoms with van der Waals surface area (Å²) in [4.78, 5) is 37.0. The minimum absolute atomic E-state index is 0.150.